The molecule has 2 aliphatic rings. The third-order valence-corrected chi connectivity index (χ3v) is 10.7. The lowest BCUT2D eigenvalue weighted by atomic mass is 9.85. The first-order valence-electron chi connectivity index (χ1n) is 6.46. The van der Waals surface area contributed by atoms with Gasteiger partial charge in [0, 0.05) is 23.2 Å². The van der Waals surface area contributed by atoms with Crippen LogP contribution in [-0.2, 0) is 14.3 Å². The van der Waals surface area contributed by atoms with Crippen molar-refractivity contribution in [2.24, 2.45) is 0 Å². The molecule has 1 saturated carbocycles. The molecule has 0 amide bonds. The molecule has 0 unspecified atom stereocenters. The van der Waals surface area contributed by atoms with E-state index in [-0.39, 0.29) is 5.78 Å². The van der Waals surface area contributed by atoms with Gasteiger partial charge >= 0.3 is 0 Å². The third kappa shape index (κ3) is 1.66. The predicted octanol–water partition coefficient (Wildman–Crippen LogP) is 4.62. The maximum absolute atomic E-state index is 13.3. The van der Waals surface area contributed by atoms with Crippen LogP contribution in [0.25, 0.3) is 0 Å². The van der Waals surface area contributed by atoms with Crippen LogP contribution in [0.1, 0.15) is 11.5 Å². The number of carbonyl (C=O) groups excluding carboxylic acids is 1. The van der Waals surface area contributed by atoms with Gasteiger partial charge in [0.15, 0.2) is 10.1 Å². The molecular formula is C15H12Br4O3. The number of halogens is 4. The van der Waals surface area contributed by atoms with Crippen LogP contribution in [0.5, 0.6) is 0 Å². The quantitative estimate of drug-likeness (QED) is 0.400. The number of fused-ring (bicyclic) bond motifs is 2. The first kappa shape index (κ1) is 17.3. The lowest BCUT2D eigenvalue weighted by Gasteiger charge is -2.41. The van der Waals surface area contributed by atoms with E-state index in [0.29, 0.717) is 4.48 Å². The van der Waals surface area contributed by atoms with Gasteiger partial charge in [-0.2, -0.15) is 0 Å². The molecule has 2 aliphatic carbocycles. The fraction of sp³-hybridized carbons (Fsp3) is 0.400. The molecule has 3 atom stereocenters. The second-order valence-corrected chi connectivity index (χ2v) is 9.26. The van der Waals surface area contributed by atoms with Crippen LogP contribution in [0, 0.1) is 0 Å². The highest BCUT2D eigenvalue weighted by Gasteiger charge is 2.84. The minimum absolute atomic E-state index is 0.0191. The highest BCUT2D eigenvalue weighted by atomic mass is 79.9. The lowest BCUT2D eigenvalue weighted by molar-refractivity contribution is -0.211. The van der Waals surface area contributed by atoms with E-state index in [4.69, 9.17) is 9.47 Å². The first-order chi connectivity index (χ1) is 10.3. The second kappa shape index (κ2) is 5.49. The van der Waals surface area contributed by atoms with Gasteiger partial charge in [0.1, 0.15) is 4.32 Å². The SMILES string of the molecule is COC1(OC)[C@]2(Br)C(=O)[C@@H](c3ccccc3)[C@@]1(Br)C(Br)=C2Br. The Kier molecular flexibility index (Phi) is 4.32. The van der Waals surface area contributed by atoms with E-state index in [9.17, 15) is 4.79 Å². The Bertz CT molecular complexity index is 671. The average Bonchev–Trinajstić information content (AvgIpc) is 2.77. The van der Waals surface area contributed by atoms with Crippen LogP contribution < -0.4 is 0 Å². The van der Waals surface area contributed by atoms with Gasteiger partial charge < -0.3 is 9.47 Å². The van der Waals surface area contributed by atoms with Gasteiger partial charge in [-0.3, -0.25) is 4.79 Å². The average molecular weight is 560 g/mol. The van der Waals surface area contributed by atoms with E-state index >= 15 is 0 Å². The van der Waals surface area contributed by atoms with Crippen LogP contribution in [0.15, 0.2) is 39.3 Å². The molecule has 0 heterocycles. The van der Waals surface area contributed by atoms with Crippen LogP contribution >= 0.6 is 63.7 Å². The van der Waals surface area contributed by atoms with E-state index in [1.54, 1.807) is 14.2 Å². The van der Waals surface area contributed by atoms with Crippen molar-refractivity contribution in [3.05, 3.63) is 44.9 Å². The number of carbonyl (C=O) groups is 1. The molecule has 7 heteroatoms. The molecule has 0 aliphatic heterocycles. The number of methoxy groups -OCH3 is 2. The van der Waals surface area contributed by atoms with Gasteiger partial charge in [-0.25, -0.2) is 0 Å². The number of hydrogen-bond donors (Lipinski definition) is 0. The molecule has 3 rings (SSSR count). The molecule has 0 radical (unpaired) electrons. The van der Waals surface area contributed by atoms with Gasteiger partial charge in [-0.05, 0) is 5.56 Å². The molecular weight excluding hydrogens is 548 g/mol. The summed E-state index contributed by atoms with van der Waals surface area (Å²) in [6.07, 6.45) is 0. The Morgan fingerprint density at radius 3 is 2.00 bits per heavy atom. The molecule has 0 saturated heterocycles. The molecule has 0 N–H and O–H groups in total. The third-order valence-electron chi connectivity index (χ3n) is 4.45. The summed E-state index contributed by atoms with van der Waals surface area (Å²) in [6.45, 7) is 0. The maximum atomic E-state index is 13.3. The van der Waals surface area contributed by atoms with Crippen LogP contribution in [0.3, 0.4) is 0 Å². The summed E-state index contributed by atoms with van der Waals surface area (Å²) in [5, 5.41) is 0. The zero-order valence-corrected chi connectivity index (χ0v) is 18.0. The Morgan fingerprint density at radius 2 is 1.55 bits per heavy atom. The van der Waals surface area contributed by atoms with Gasteiger partial charge in [0.2, 0.25) is 5.79 Å². The fourth-order valence-corrected chi connectivity index (χ4v) is 8.22. The van der Waals surface area contributed by atoms with E-state index in [0.717, 1.165) is 10.0 Å². The van der Waals surface area contributed by atoms with E-state index in [2.05, 4.69) is 63.7 Å². The Morgan fingerprint density at radius 1 is 1.00 bits per heavy atom. The summed E-state index contributed by atoms with van der Waals surface area (Å²) in [5.74, 6) is -1.69. The predicted molar refractivity (Wildman–Crippen MR) is 99.1 cm³/mol. The number of ether oxygens (including phenoxy) is 2. The zero-order chi connectivity index (χ0) is 16.3. The van der Waals surface area contributed by atoms with Crippen LogP contribution in [0.4, 0.5) is 0 Å². The number of Topliss-reactive ketones (excluding diaryl/α,β-unsaturated/α-hetero) is 1. The second-order valence-electron chi connectivity index (χ2n) is 5.23. The number of benzene rings is 1. The fourth-order valence-electron chi connectivity index (χ4n) is 3.51. The van der Waals surface area contributed by atoms with E-state index in [1.807, 2.05) is 30.3 Å². The summed E-state index contributed by atoms with van der Waals surface area (Å²) >= 11 is 14.5. The number of alkyl halides is 2. The van der Waals surface area contributed by atoms with Crippen molar-refractivity contribution < 1.29 is 14.3 Å². The van der Waals surface area contributed by atoms with Crippen molar-refractivity contribution in [2.45, 2.75) is 20.4 Å². The largest absolute Gasteiger partial charge is 0.350 e. The molecule has 1 aromatic rings. The molecule has 118 valence electrons. The number of rotatable bonds is 3. The summed E-state index contributed by atoms with van der Waals surface area (Å²) < 4.78 is 11.0. The van der Waals surface area contributed by atoms with Crippen LogP contribution in [0.2, 0.25) is 0 Å². The lowest BCUT2D eigenvalue weighted by Crippen LogP contribution is -2.57. The summed E-state index contributed by atoms with van der Waals surface area (Å²) in [4.78, 5) is 13.3. The molecule has 1 aromatic carbocycles. The summed E-state index contributed by atoms with van der Waals surface area (Å²) in [7, 11) is 3.09. The van der Waals surface area contributed by atoms with Gasteiger partial charge in [0.05, 0.1) is 5.92 Å². The normalized spacial score (nSPS) is 36.3. The highest BCUT2D eigenvalue weighted by molar-refractivity contribution is 9.16. The molecule has 0 spiro atoms. The highest BCUT2D eigenvalue weighted by Crippen LogP contribution is 2.74. The van der Waals surface area contributed by atoms with Gasteiger partial charge in [-0.1, -0.05) is 94.1 Å². The molecule has 2 bridgehead atoms. The smallest absolute Gasteiger partial charge is 0.216 e. The van der Waals surface area contributed by atoms with E-state index in [1.165, 1.54) is 0 Å². The topological polar surface area (TPSA) is 35.5 Å². The van der Waals surface area contributed by atoms with E-state index < -0.39 is 20.4 Å². The van der Waals surface area contributed by atoms with Crippen molar-refractivity contribution >= 4 is 69.5 Å². The molecule has 1 fully saturated rings. The van der Waals surface area contributed by atoms with Crippen LogP contribution in [-0.4, -0.2) is 34.4 Å². The maximum Gasteiger partial charge on any atom is 0.216 e. The summed E-state index contributed by atoms with van der Waals surface area (Å²) in [6, 6.07) is 9.63. The zero-order valence-electron chi connectivity index (χ0n) is 11.7. The van der Waals surface area contributed by atoms with Crippen molar-refractivity contribution in [3.8, 4) is 0 Å². The minimum Gasteiger partial charge on any atom is -0.350 e. The Hall–Kier alpha value is 0.470. The van der Waals surface area contributed by atoms with Crippen molar-refractivity contribution in [3.63, 3.8) is 0 Å². The van der Waals surface area contributed by atoms with Crippen molar-refractivity contribution in [2.75, 3.05) is 14.2 Å². The molecule has 3 nitrogen and oxygen atoms in total. The number of ketones is 1. The standard InChI is InChI=1S/C15H12Br4O3/c1-21-15(22-2)13(18)9(8-6-4-3-5-7-8)12(20)14(15,19)11(17)10(13)16/h3-7,9H,1-2H3/t9-,13-,14-/m1/s1. The minimum atomic E-state index is -1.21. The Balaban J connectivity index is 2.33. The molecule has 0 aromatic heterocycles. The van der Waals surface area contributed by atoms with Crippen molar-refractivity contribution in [1.29, 1.82) is 0 Å². The molecule has 22 heavy (non-hydrogen) atoms. The summed E-state index contributed by atoms with van der Waals surface area (Å²) in [5.41, 5.74) is 0.904. The van der Waals surface area contributed by atoms with Crippen molar-refractivity contribution in [1.82, 2.24) is 0 Å². The Labute approximate surface area is 162 Å². The first-order valence-corrected chi connectivity index (χ1v) is 9.63. The van der Waals surface area contributed by atoms with Gasteiger partial charge in [-0.15, -0.1) is 0 Å². The number of hydrogen-bond acceptors (Lipinski definition) is 3. The monoisotopic (exact) mass is 556 g/mol. The van der Waals surface area contributed by atoms with Gasteiger partial charge in [0.25, 0.3) is 0 Å².